The molecule has 0 saturated heterocycles. The van der Waals surface area contributed by atoms with Crippen molar-refractivity contribution in [3.8, 4) is 0 Å². The van der Waals surface area contributed by atoms with Gasteiger partial charge in [-0.05, 0) is 30.5 Å². The van der Waals surface area contributed by atoms with Crippen LogP contribution >= 0.6 is 0 Å². The Kier molecular flexibility index (Phi) is 14.1. The number of hydrogen-bond acceptors (Lipinski definition) is 3. The van der Waals surface area contributed by atoms with Crippen LogP contribution in [0.4, 0.5) is 13.2 Å². The molecule has 31 heavy (non-hydrogen) atoms. The van der Waals surface area contributed by atoms with Crippen LogP contribution in [0.2, 0.25) is 0 Å². The molecule has 1 N–H and O–H groups in total. The van der Waals surface area contributed by atoms with Gasteiger partial charge in [-0.2, -0.15) is 13.2 Å². The molecule has 0 spiro atoms. The molecule has 0 bridgehead atoms. The van der Waals surface area contributed by atoms with Crippen molar-refractivity contribution in [1.82, 2.24) is 9.29 Å². The second-order valence-corrected chi connectivity index (χ2v) is 7.26. The number of hydrogen-bond donors (Lipinski definition) is 1. The van der Waals surface area contributed by atoms with Gasteiger partial charge in [-0.15, -0.1) is 0 Å². The fraction of sp³-hybridized carbons (Fsp3) is 0.364. The van der Waals surface area contributed by atoms with Crippen LogP contribution in [-0.4, -0.2) is 44.4 Å². The molecule has 0 fully saturated rings. The van der Waals surface area contributed by atoms with Crippen LogP contribution in [0.3, 0.4) is 0 Å². The van der Waals surface area contributed by atoms with Crippen molar-refractivity contribution < 1.29 is 27.3 Å². The number of halogens is 3. The lowest BCUT2D eigenvalue weighted by Crippen LogP contribution is -2.29. The lowest BCUT2D eigenvalue weighted by atomic mass is 9.99. The van der Waals surface area contributed by atoms with E-state index in [1.165, 1.54) is 23.3 Å². The fourth-order valence-electron chi connectivity index (χ4n) is 2.58. The largest absolute Gasteiger partial charge is 0.483 e. The second-order valence-electron chi connectivity index (χ2n) is 5.90. The predicted octanol–water partition coefficient (Wildman–Crippen LogP) is 5.21. The molecule has 1 atom stereocenters. The number of rotatable bonds is 2. The summed E-state index contributed by atoms with van der Waals surface area (Å²) in [6.45, 7) is 7.41. The van der Waals surface area contributed by atoms with Crippen molar-refractivity contribution in [2.45, 2.75) is 33.4 Å². The van der Waals surface area contributed by atoms with Crippen LogP contribution in [0.15, 0.2) is 54.7 Å². The molecule has 1 aliphatic heterocycles. The first-order valence-corrected chi connectivity index (χ1v) is 11.1. The van der Waals surface area contributed by atoms with Crippen LogP contribution < -0.4 is 0 Å². The van der Waals surface area contributed by atoms with Crippen LogP contribution in [0.1, 0.15) is 37.1 Å². The summed E-state index contributed by atoms with van der Waals surface area (Å²) >= 11 is 0. The summed E-state index contributed by atoms with van der Waals surface area (Å²) in [7, 11) is -0.856. The number of carbonyl (C=O) groups is 1. The van der Waals surface area contributed by atoms with Gasteiger partial charge in [-0.3, -0.25) is 9.78 Å². The van der Waals surface area contributed by atoms with E-state index >= 15 is 0 Å². The molecule has 5 nitrogen and oxygen atoms in total. The van der Waals surface area contributed by atoms with E-state index in [-0.39, 0.29) is 6.47 Å². The zero-order chi connectivity index (χ0) is 23.9. The highest BCUT2D eigenvalue weighted by molar-refractivity contribution is 7.81. The number of aryl methyl sites for hydroxylation is 1. The Morgan fingerprint density at radius 1 is 1.13 bits per heavy atom. The van der Waals surface area contributed by atoms with Gasteiger partial charge in [0, 0.05) is 31.2 Å². The van der Waals surface area contributed by atoms with Gasteiger partial charge >= 0.3 is 6.18 Å². The third-order valence-corrected chi connectivity index (χ3v) is 5.05. The molecular formula is C22H29F3N2O3S. The second kappa shape index (κ2) is 15.3. The Bertz CT molecular complexity index is 828. The van der Waals surface area contributed by atoms with Crippen molar-refractivity contribution in [3.05, 3.63) is 71.6 Å². The molecule has 2 aromatic rings. The summed E-state index contributed by atoms with van der Waals surface area (Å²) < 4.78 is 48.6. The maximum absolute atomic E-state index is 11.8. The quantitative estimate of drug-likeness (QED) is 0.628. The zero-order valence-electron chi connectivity index (χ0n) is 18.1. The average molecular weight is 459 g/mol. The van der Waals surface area contributed by atoms with Crippen LogP contribution in [0.25, 0.3) is 5.57 Å². The molecule has 172 valence electrons. The van der Waals surface area contributed by atoms with Crippen molar-refractivity contribution in [3.63, 3.8) is 0 Å². The summed E-state index contributed by atoms with van der Waals surface area (Å²) in [5.74, 6) is 0. The third-order valence-electron chi connectivity index (χ3n) is 3.99. The zero-order valence-corrected chi connectivity index (χ0v) is 18.9. The number of aromatic nitrogens is 1. The van der Waals surface area contributed by atoms with Gasteiger partial charge in [-0.1, -0.05) is 56.3 Å². The number of nitrogens with zero attached hydrogens (tertiary/aromatic N) is 2. The van der Waals surface area contributed by atoms with E-state index in [0.29, 0.717) is 0 Å². The minimum Gasteiger partial charge on any atom is -0.483 e. The monoisotopic (exact) mass is 458 g/mol. The Morgan fingerprint density at radius 3 is 2.10 bits per heavy atom. The van der Waals surface area contributed by atoms with Gasteiger partial charge in [0.25, 0.3) is 6.47 Å². The minimum atomic E-state index is -4.21. The van der Waals surface area contributed by atoms with Gasteiger partial charge < -0.3 is 5.11 Å². The molecular weight excluding hydrogens is 429 g/mol. The molecule has 0 radical (unpaired) electrons. The Balaban J connectivity index is 0.000000515. The molecule has 0 aliphatic carbocycles. The Morgan fingerprint density at radius 2 is 1.71 bits per heavy atom. The molecule has 9 heteroatoms. The van der Waals surface area contributed by atoms with Crippen LogP contribution in [-0.2, 0) is 22.0 Å². The van der Waals surface area contributed by atoms with E-state index in [1.54, 1.807) is 12.3 Å². The van der Waals surface area contributed by atoms with Crippen molar-refractivity contribution in [2.24, 2.45) is 0 Å². The highest BCUT2D eigenvalue weighted by atomic mass is 32.2. The van der Waals surface area contributed by atoms with Crippen LogP contribution in [0.5, 0.6) is 0 Å². The third kappa shape index (κ3) is 10.9. The van der Waals surface area contributed by atoms with Crippen molar-refractivity contribution >= 4 is 23.0 Å². The summed E-state index contributed by atoms with van der Waals surface area (Å²) in [4.78, 5) is 12.7. The first-order valence-electron chi connectivity index (χ1n) is 9.60. The topological polar surface area (TPSA) is 70.5 Å². The molecule has 3 rings (SSSR count). The van der Waals surface area contributed by atoms with E-state index in [1.807, 2.05) is 37.3 Å². The molecule has 1 aliphatic rings. The molecule has 0 amide bonds. The highest BCUT2D eigenvalue weighted by Gasteiger charge is 2.29. The lowest BCUT2D eigenvalue weighted by Gasteiger charge is -2.24. The number of benzene rings is 1. The molecule has 2 heterocycles. The first kappa shape index (κ1) is 28.5. The molecule has 0 saturated carbocycles. The molecule has 1 aromatic carbocycles. The number of pyridine rings is 1. The van der Waals surface area contributed by atoms with E-state index in [0.717, 1.165) is 37.3 Å². The normalized spacial score (nSPS) is 14.2. The van der Waals surface area contributed by atoms with E-state index in [2.05, 4.69) is 17.1 Å². The van der Waals surface area contributed by atoms with Crippen molar-refractivity contribution in [1.29, 1.82) is 0 Å². The summed E-state index contributed by atoms with van der Waals surface area (Å²) in [5.41, 5.74) is 3.02. The lowest BCUT2D eigenvalue weighted by molar-refractivity contribution is -0.137. The Hall–Kier alpha value is -2.52. The maximum Gasteiger partial charge on any atom is 0.416 e. The Labute approximate surface area is 184 Å². The summed E-state index contributed by atoms with van der Waals surface area (Å²) in [5, 5.41) is 6.89. The van der Waals surface area contributed by atoms with Gasteiger partial charge in [0.15, 0.2) is 0 Å². The van der Waals surface area contributed by atoms with Gasteiger partial charge in [0.1, 0.15) is 0 Å². The standard InChI is InChI=1S/C12H16N2OS.C7H5F3.C2H6.CH2O2/c1-10-12(4-3-7-13-10)11-5-8-14(9-6-11)16(2)15;8-7(9,10)6-4-2-1-3-5-6;1-2;2-1-3/h3-5,7H,6,8-9H2,1-2H3;1-5H;1-2H3;1H,(H,2,3). The smallest absolute Gasteiger partial charge is 0.416 e. The van der Waals surface area contributed by atoms with E-state index < -0.39 is 22.7 Å². The van der Waals surface area contributed by atoms with Crippen molar-refractivity contribution in [2.75, 3.05) is 19.3 Å². The summed E-state index contributed by atoms with van der Waals surface area (Å²) in [6.07, 6.45) is 2.45. The minimum absolute atomic E-state index is 0.250. The van der Waals surface area contributed by atoms with E-state index in [9.17, 15) is 17.4 Å². The number of carboxylic acid groups (broad SMARTS) is 1. The van der Waals surface area contributed by atoms with Gasteiger partial charge in [0.05, 0.1) is 16.5 Å². The highest BCUT2D eigenvalue weighted by Crippen LogP contribution is 2.28. The molecule has 1 aromatic heterocycles. The first-order chi connectivity index (χ1) is 14.7. The van der Waals surface area contributed by atoms with E-state index in [4.69, 9.17) is 9.90 Å². The van der Waals surface area contributed by atoms with Gasteiger partial charge in [-0.25, -0.2) is 8.51 Å². The fourth-order valence-corrected chi connectivity index (χ4v) is 3.21. The van der Waals surface area contributed by atoms with Gasteiger partial charge in [0.2, 0.25) is 0 Å². The van der Waals surface area contributed by atoms with Crippen LogP contribution in [0, 0.1) is 6.92 Å². The molecule has 1 unspecified atom stereocenters. The maximum atomic E-state index is 11.8. The SMILES string of the molecule is CC.Cc1ncccc1C1=CCN(S(C)=O)CC1.FC(F)(F)c1ccccc1.O=CO. The average Bonchev–Trinajstić information content (AvgIpc) is 2.77. The predicted molar refractivity (Wildman–Crippen MR) is 119 cm³/mol. The summed E-state index contributed by atoms with van der Waals surface area (Å²) in [6, 6.07) is 10.4. The number of alkyl halides is 3.